The number of amides is 1. The van der Waals surface area contributed by atoms with E-state index in [9.17, 15) is 9.59 Å². The van der Waals surface area contributed by atoms with Crippen molar-refractivity contribution >= 4 is 33.3 Å². The first-order valence-corrected chi connectivity index (χ1v) is 8.97. The number of halogens is 1. The van der Waals surface area contributed by atoms with Crippen molar-refractivity contribution in [3.8, 4) is 17.1 Å². The number of benzene rings is 2. The molecular formula is C18H14BrN5O3. The maximum absolute atomic E-state index is 12.8. The van der Waals surface area contributed by atoms with E-state index in [-0.39, 0.29) is 18.3 Å². The maximum atomic E-state index is 12.8. The monoisotopic (exact) mass is 427 g/mol. The number of nitrogens with one attached hydrogen (secondary N) is 1. The van der Waals surface area contributed by atoms with Crippen LogP contribution < -0.4 is 10.1 Å². The third-order valence-electron chi connectivity index (χ3n) is 4.15. The minimum atomic E-state index is -0.653. The molecule has 27 heavy (non-hydrogen) atoms. The number of anilines is 1. The van der Waals surface area contributed by atoms with E-state index in [4.69, 9.17) is 4.74 Å². The number of ether oxygens (including phenoxy) is 1. The van der Waals surface area contributed by atoms with Gasteiger partial charge in [-0.3, -0.25) is 9.59 Å². The van der Waals surface area contributed by atoms with E-state index < -0.39 is 6.04 Å². The second-order valence-electron chi connectivity index (χ2n) is 6.03. The first-order chi connectivity index (χ1) is 13.0. The Balaban J connectivity index is 1.57. The highest BCUT2D eigenvalue weighted by atomic mass is 79.9. The van der Waals surface area contributed by atoms with Gasteiger partial charge in [0, 0.05) is 15.6 Å². The van der Waals surface area contributed by atoms with Gasteiger partial charge in [0.2, 0.25) is 5.82 Å². The summed E-state index contributed by atoms with van der Waals surface area (Å²) in [5.74, 6) is 0.526. The van der Waals surface area contributed by atoms with Crippen LogP contribution in [0.4, 0.5) is 5.69 Å². The first-order valence-electron chi connectivity index (χ1n) is 8.17. The van der Waals surface area contributed by atoms with Crippen molar-refractivity contribution in [1.29, 1.82) is 0 Å². The van der Waals surface area contributed by atoms with Gasteiger partial charge >= 0.3 is 0 Å². The van der Waals surface area contributed by atoms with Crippen LogP contribution in [0.5, 0.6) is 5.75 Å². The van der Waals surface area contributed by atoms with Crippen molar-refractivity contribution in [1.82, 2.24) is 20.2 Å². The largest absolute Gasteiger partial charge is 0.482 e. The van der Waals surface area contributed by atoms with Crippen molar-refractivity contribution in [2.45, 2.75) is 13.0 Å². The number of fused-ring (bicyclic) bond motifs is 1. The molecule has 1 atom stereocenters. The fourth-order valence-electron chi connectivity index (χ4n) is 2.69. The molecule has 0 aliphatic carbocycles. The molecule has 2 heterocycles. The molecule has 1 N–H and O–H groups in total. The van der Waals surface area contributed by atoms with Crippen molar-refractivity contribution in [2.24, 2.45) is 0 Å². The van der Waals surface area contributed by atoms with E-state index in [1.165, 1.54) is 4.80 Å². The Morgan fingerprint density at radius 3 is 2.81 bits per heavy atom. The van der Waals surface area contributed by atoms with Crippen LogP contribution in [0, 0.1) is 0 Å². The van der Waals surface area contributed by atoms with Gasteiger partial charge in [-0.1, -0.05) is 15.9 Å². The molecule has 3 aromatic rings. The third-order valence-corrected chi connectivity index (χ3v) is 4.68. The zero-order valence-corrected chi connectivity index (χ0v) is 15.8. The van der Waals surface area contributed by atoms with E-state index in [1.54, 1.807) is 25.1 Å². The fraction of sp³-hybridized carbons (Fsp3) is 0.167. The molecule has 0 spiro atoms. The van der Waals surface area contributed by atoms with Gasteiger partial charge in [0.05, 0.1) is 5.69 Å². The zero-order valence-electron chi connectivity index (χ0n) is 14.2. The van der Waals surface area contributed by atoms with Crippen LogP contribution in [0.1, 0.15) is 23.3 Å². The van der Waals surface area contributed by atoms with Crippen LogP contribution in [0.2, 0.25) is 0 Å². The van der Waals surface area contributed by atoms with Crippen LogP contribution in [0.15, 0.2) is 46.9 Å². The van der Waals surface area contributed by atoms with Crippen molar-refractivity contribution in [2.75, 3.05) is 11.9 Å². The lowest BCUT2D eigenvalue weighted by Gasteiger charge is -2.18. The summed E-state index contributed by atoms with van der Waals surface area (Å²) in [6.45, 7) is 1.67. The summed E-state index contributed by atoms with van der Waals surface area (Å²) in [5, 5.41) is 15.1. The zero-order chi connectivity index (χ0) is 19.0. The van der Waals surface area contributed by atoms with Gasteiger partial charge in [-0.05, 0) is 54.6 Å². The number of rotatable bonds is 4. The Labute approximate surface area is 162 Å². The van der Waals surface area contributed by atoms with Crippen LogP contribution in [0.25, 0.3) is 11.4 Å². The number of hydrogen-bond acceptors (Lipinski definition) is 6. The average molecular weight is 428 g/mol. The number of aromatic nitrogens is 4. The van der Waals surface area contributed by atoms with Gasteiger partial charge in [0.1, 0.15) is 11.8 Å². The molecule has 1 amide bonds. The molecule has 0 radical (unpaired) electrons. The summed E-state index contributed by atoms with van der Waals surface area (Å²) < 4.78 is 6.26. The Bertz CT molecular complexity index is 1030. The predicted molar refractivity (Wildman–Crippen MR) is 101 cm³/mol. The van der Waals surface area contributed by atoms with Gasteiger partial charge in [-0.2, -0.15) is 4.80 Å². The van der Waals surface area contributed by atoms with E-state index in [0.717, 1.165) is 10.0 Å². The number of Topliss-reactive ketones (excluding diaryl/α,β-unsaturated/α-hetero) is 1. The number of ketones is 1. The van der Waals surface area contributed by atoms with Crippen LogP contribution >= 0.6 is 15.9 Å². The smallest absolute Gasteiger partial charge is 0.262 e. The molecule has 0 saturated heterocycles. The number of carbonyl (C=O) groups is 2. The highest BCUT2D eigenvalue weighted by Crippen LogP contribution is 2.29. The summed E-state index contributed by atoms with van der Waals surface area (Å²) in [6, 6.07) is 11.8. The molecule has 1 unspecified atom stereocenters. The lowest BCUT2D eigenvalue weighted by molar-refractivity contribution is -0.118. The van der Waals surface area contributed by atoms with Crippen molar-refractivity contribution in [3.63, 3.8) is 0 Å². The minimum absolute atomic E-state index is 0.0294. The molecule has 0 saturated carbocycles. The SMILES string of the molecule is CC(C(=O)c1ccc2c(c1)NC(=O)CO2)n1nnc(-c2ccc(Br)cc2)n1. The molecule has 1 aromatic heterocycles. The Hall–Kier alpha value is -3.07. The van der Waals surface area contributed by atoms with Gasteiger partial charge in [0.25, 0.3) is 5.91 Å². The van der Waals surface area contributed by atoms with Crippen LogP contribution in [-0.2, 0) is 4.79 Å². The van der Waals surface area contributed by atoms with Crippen molar-refractivity contribution in [3.05, 3.63) is 52.5 Å². The minimum Gasteiger partial charge on any atom is -0.482 e. The average Bonchev–Trinajstić information content (AvgIpc) is 3.17. The Morgan fingerprint density at radius 2 is 2.04 bits per heavy atom. The lowest BCUT2D eigenvalue weighted by atomic mass is 10.0. The summed E-state index contributed by atoms with van der Waals surface area (Å²) in [5.41, 5.74) is 1.71. The number of nitrogens with zero attached hydrogens (tertiary/aromatic N) is 4. The molecular weight excluding hydrogens is 414 g/mol. The van der Waals surface area contributed by atoms with Gasteiger partial charge in [-0.25, -0.2) is 0 Å². The normalized spacial score (nSPS) is 14.1. The highest BCUT2D eigenvalue weighted by molar-refractivity contribution is 9.10. The summed E-state index contributed by atoms with van der Waals surface area (Å²) >= 11 is 3.38. The summed E-state index contributed by atoms with van der Waals surface area (Å²) in [6.07, 6.45) is 0. The molecule has 0 fully saturated rings. The molecule has 0 bridgehead atoms. The number of tetrazole rings is 1. The molecule has 1 aliphatic heterocycles. The molecule has 136 valence electrons. The fourth-order valence-corrected chi connectivity index (χ4v) is 2.95. The van der Waals surface area contributed by atoms with E-state index in [0.29, 0.717) is 22.8 Å². The van der Waals surface area contributed by atoms with Crippen LogP contribution in [-0.4, -0.2) is 38.5 Å². The second-order valence-corrected chi connectivity index (χ2v) is 6.94. The third kappa shape index (κ3) is 3.45. The summed E-state index contributed by atoms with van der Waals surface area (Å²) in [4.78, 5) is 25.6. The van der Waals surface area contributed by atoms with E-state index in [2.05, 4.69) is 36.7 Å². The quantitative estimate of drug-likeness (QED) is 0.642. The predicted octanol–water partition coefficient (Wildman–Crippen LogP) is 2.88. The summed E-state index contributed by atoms with van der Waals surface area (Å²) in [7, 11) is 0. The van der Waals surface area contributed by atoms with Crippen molar-refractivity contribution < 1.29 is 14.3 Å². The van der Waals surface area contributed by atoms with Gasteiger partial charge in [0.15, 0.2) is 12.4 Å². The second kappa shape index (κ2) is 6.92. The molecule has 8 nitrogen and oxygen atoms in total. The van der Waals surface area contributed by atoms with Crippen LogP contribution in [0.3, 0.4) is 0 Å². The van der Waals surface area contributed by atoms with Gasteiger partial charge < -0.3 is 10.1 Å². The number of carbonyl (C=O) groups excluding carboxylic acids is 2. The van der Waals surface area contributed by atoms with Gasteiger partial charge in [-0.15, -0.1) is 10.2 Å². The Morgan fingerprint density at radius 1 is 1.26 bits per heavy atom. The number of hydrogen-bond donors (Lipinski definition) is 1. The topological polar surface area (TPSA) is 99.0 Å². The lowest BCUT2D eigenvalue weighted by Crippen LogP contribution is -2.26. The molecule has 9 heteroatoms. The standard InChI is InChI=1S/C18H14BrN5O3/c1-10(24-22-18(21-23-24)11-2-5-13(19)6-3-11)17(26)12-4-7-15-14(8-12)20-16(25)9-27-15/h2-8,10H,9H2,1H3,(H,20,25). The highest BCUT2D eigenvalue weighted by Gasteiger charge is 2.23. The molecule has 1 aliphatic rings. The molecule has 2 aromatic carbocycles. The molecule has 4 rings (SSSR count). The van der Waals surface area contributed by atoms with E-state index in [1.807, 2.05) is 24.3 Å². The Kier molecular flexibility index (Phi) is 4.44. The first kappa shape index (κ1) is 17.3. The van der Waals surface area contributed by atoms with E-state index >= 15 is 0 Å². The maximum Gasteiger partial charge on any atom is 0.262 e.